The van der Waals surface area contributed by atoms with E-state index in [1.54, 1.807) is 12.1 Å². The molecule has 0 aromatic carbocycles. The number of aliphatic hydroxyl groups is 2. The first-order valence-electron chi connectivity index (χ1n) is 3.17. The van der Waals surface area contributed by atoms with Crippen LogP contribution < -0.4 is 0 Å². The Balaban J connectivity index is 3.02. The van der Waals surface area contributed by atoms with E-state index in [0.717, 1.165) is 0 Å². The molecule has 2 N–H and O–H groups in total. The summed E-state index contributed by atoms with van der Waals surface area (Å²) in [5, 5.41) is 35.1. The average Bonchev–Trinajstić information content (AvgIpc) is 2.10. The molecule has 1 radical (unpaired) electrons. The Morgan fingerprint density at radius 3 is 2.42 bits per heavy atom. The first kappa shape index (κ1) is 8.32. The lowest BCUT2D eigenvalue weighted by atomic mass is 9.94. The maximum atomic E-state index is 9.17. The summed E-state index contributed by atoms with van der Waals surface area (Å²) < 4.78 is 0. The van der Waals surface area contributed by atoms with Crippen molar-refractivity contribution in [3.63, 3.8) is 0 Å². The van der Waals surface area contributed by atoms with Gasteiger partial charge in [0, 0.05) is 0 Å². The van der Waals surface area contributed by atoms with Gasteiger partial charge in [0.25, 0.3) is 0 Å². The Labute approximate surface area is 69.3 Å². The van der Waals surface area contributed by atoms with Gasteiger partial charge in [0.15, 0.2) is 0 Å². The van der Waals surface area contributed by atoms with Crippen molar-refractivity contribution in [3.05, 3.63) is 29.4 Å². The third kappa shape index (κ3) is 1.16. The van der Waals surface area contributed by atoms with Crippen LogP contribution in [-0.4, -0.2) is 16.3 Å². The number of hydrogen-bond acceptors (Lipinski definition) is 4. The maximum Gasteiger partial charge on any atom is 0.140 e. The van der Waals surface area contributed by atoms with Crippen molar-refractivity contribution in [3.8, 4) is 12.1 Å². The summed E-state index contributed by atoms with van der Waals surface area (Å²) >= 11 is 0. The van der Waals surface area contributed by atoms with Gasteiger partial charge in [-0.25, -0.2) is 0 Å². The van der Waals surface area contributed by atoms with Crippen molar-refractivity contribution in [2.24, 2.45) is 0 Å². The van der Waals surface area contributed by atoms with Crippen LogP contribution in [0.1, 0.15) is 0 Å². The number of rotatable bonds is 0. The molecule has 12 heavy (non-hydrogen) atoms. The zero-order chi connectivity index (χ0) is 9.14. The molecule has 1 atom stereocenters. The molecule has 0 fully saturated rings. The van der Waals surface area contributed by atoms with Crippen LogP contribution >= 0.6 is 0 Å². The highest BCUT2D eigenvalue weighted by atomic mass is 16.3. The van der Waals surface area contributed by atoms with Gasteiger partial charge in [-0.3, -0.25) is 0 Å². The predicted octanol–water partition coefficient (Wildman–Crippen LogP) is 0.351. The van der Waals surface area contributed by atoms with Crippen LogP contribution in [0, 0.1) is 28.6 Å². The Kier molecular flexibility index (Phi) is 2.14. The molecular weight excluding hydrogens is 156 g/mol. The van der Waals surface area contributed by atoms with Gasteiger partial charge >= 0.3 is 0 Å². The average molecular weight is 161 g/mol. The van der Waals surface area contributed by atoms with E-state index in [4.69, 9.17) is 20.7 Å². The van der Waals surface area contributed by atoms with Crippen LogP contribution in [-0.2, 0) is 0 Å². The second kappa shape index (κ2) is 3.08. The van der Waals surface area contributed by atoms with E-state index in [9.17, 15) is 0 Å². The van der Waals surface area contributed by atoms with Gasteiger partial charge in [-0.2, -0.15) is 10.5 Å². The summed E-state index contributed by atoms with van der Waals surface area (Å²) in [4.78, 5) is 0. The minimum atomic E-state index is -1.35. The van der Waals surface area contributed by atoms with E-state index in [1.807, 2.05) is 0 Å². The number of aliphatic hydroxyl groups excluding tert-OH is 2. The van der Waals surface area contributed by atoms with Gasteiger partial charge in [0.05, 0.1) is 11.6 Å². The molecule has 0 bridgehead atoms. The molecule has 0 aromatic heterocycles. The van der Waals surface area contributed by atoms with Gasteiger partial charge in [-0.15, -0.1) is 0 Å². The van der Waals surface area contributed by atoms with Crippen LogP contribution in [0.5, 0.6) is 0 Å². The Bertz CT molecular complexity index is 330. The molecule has 59 valence electrons. The predicted molar refractivity (Wildman–Crippen MR) is 39.3 cm³/mol. The van der Waals surface area contributed by atoms with Crippen molar-refractivity contribution >= 4 is 0 Å². The molecule has 0 saturated carbocycles. The van der Waals surface area contributed by atoms with Gasteiger partial charge in [0.2, 0.25) is 0 Å². The Morgan fingerprint density at radius 2 is 1.92 bits per heavy atom. The molecule has 1 unspecified atom stereocenters. The summed E-state index contributed by atoms with van der Waals surface area (Å²) in [7, 11) is 0. The summed E-state index contributed by atoms with van der Waals surface area (Å²) in [5.74, 6) is -0.428. The lowest BCUT2D eigenvalue weighted by Crippen LogP contribution is -2.21. The van der Waals surface area contributed by atoms with E-state index < -0.39 is 11.9 Å². The topological polar surface area (TPSA) is 88.0 Å². The summed E-state index contributed by atoms with van der Waals surface area (Å²) in [6, 6.07) is 3.39. The molecule has 0 aliphatic heterocycles. The van der Waals surface area contributed by atoms with E-state index in [2.05, 4.69) is 0 Å². The quantitative estimate of drug-likeness (QED) is 0.536. The van der Waals surface area contributed by atoms with E-state index in [0.29, 0.717) is 0 Å². The molecule has 0 amide bonds. The summed E-state index contributed by atoms with van der Waals surface area (Å²) in [5.41, 5.74) is -0.0125. The van der Waals surface area contributed by atoms with Crippen LogP contribution in [0.15, 0.2) is 23.5 Å². The molecule has 0 heterocycles. The van der Waals surface area contributed by atoms with E-state index in [-0.39, 0.29) is 11.5 Å². The highest BCUT2D eigenvalue weighted by Crippen LogP contribution is 2.22. The molecule has 1 aliphatic rings. The van der Waals surface area contributed by atoms with E-state index in [1.165, 1.54) is 12.2 Å². The third-order valence-corrected chi connectivity index (χ3v) is 1.51. The standard InChI is InChI=1S/C8H5N2O2/c9-3-5-1-2-6(4-10)8(12)7(5)11/h1-2,7,11-12H. The van der Waals surface area contributed by atoms with Gasteiger partial charge in [0.1, 0.15) is 23.9 Å². The molecule has 1 aliphatic carbocycles. The zero-order valence-corrected chi connectivity index (χ0v) is 6.02. The Hall–Kier alpha value is -1.78. The third-order valence-electron chi connectivity index (χ3n) is 1.51. The second-order valence-corrected chi connectivity index (χ2v) is 2.21. The molecule has 0 saturated heterocycles. The number of nitriles is 2. The fourth-order valence-electron chi connectivity index (χ4n) is 0.837. The van der Waals surface area contributed by atoms with Crippen LogP contribution in [0.2, 0.25) is 0 Å². The van der Waals surface area contributed by atoms with Crippen molar-refractivity contribution in [1.29, 1.82) is 10.5 Å². The van der Waals surface area contributed by atoms with Crippen LogP contribution in [0.25, 0.3) is 0 Å². The lowest BCUT2D eigenvalue weighted by molar-refractivity contribution is 0.172. The molecule has 4 nitrogen and oxygen atoms in total. The maximum absolute atomic E-state index is 9.17. The lowest BCUT2D eigenvalue weighted by Gasteiger charge is -2.15. The smallest absolute Gasteiger partial charge is 0.140 e. The number of allylic oxidation sites excluding steroid dienone is 2. The van der Waals surface area contributed by atoms with Crippen LogP contribution in [0.3, 0.4) is 0 Å². The largest absolute Gasteiger partial charge is 0.508 e. The van der Waals surface area contributed by atoms with Crippen molar-refractivity contribution in [2.75, 3.05) is 0 Å². The normalized spacial score (nSPS) is 23.4. The highest BCUT2D eigenvalue weighted by molar-refractivity contribution is 5.49. The Morgan fingerprint density at radius 1 is 1.25 bits per heavy atom. The van der Waals surface area contributed by atoms with E-state index >= 15 is 0 Å². The molecular formula is C8H5N2O2. The molecule has 0 spiro atoms. The molecule has 0 aromatic rings. The fraction of sp³-hybridized carbons (Fsp3) is 0.125. The fourth-order valence-corrected chi connectivity index (χ4v) is 0.837. The monoisotopic (exact) mass is 161 g/mol. The first-order valence-corrected chi connectivity index (χ1v) is 3.17. The number of hydrogen-bond donors (Lipinski definition) is 2. The SMILES string of the molecule is N#C[C]1C=CC(C#N)=C(O)C1O. The van der Waals surface area contributed by atoms with Gasteiger partial charge in [-0.1, -0.05) is 6.08 Å². The zero-order valence-electron chi connectivity index (χ0n) is 6.02. The van der Waals surface area contributed by atoms with Gasteiger partial charge < -0.3 is 10.2 Å². The van der Waals surface area contributed by atoms with Crippen molar-refractivity contribution in [1.82, 2.24) is 0 Å². The minimum Gasteiger partial charge on any atom is -0.508 e. The van der Waals surface area contributed by atoms with Crippen molar-refractivity contribution in [2.45, 2.75) is 6.10 Å². The summed E-state index contributed by atoms with van der Waals surface area (Å²) in [6.07, 6.45) is 1.25. The second-order valence-electron chi connectivity index (χ2n) is 2.21. The number of nitrogens with zero attached hydrogens (tertiary/aromatic N) is 2. The summed E-state index contributed by atoms with van der Waals surface area (Å²) in [6.45, 7) is 0. The van der Waals surface area contributed by atoms with Crippen molar-refractivity contribution < 1.29 is 10.2 Å². The van der Waals surface area contributed by atoms with Gasteiger partial charge in [-0.05, 0) is 6.08 Å². The minimum absolute atomic E-state index is 0.0125. The first-order chi connectivity index (χ1) is 5.70. The molecule has 1 rings (SSSR count). The van der Waals surface area contributed by atoms with Crippen LogP contribution in [0.4, 0.5) is 0 Å². The highest BCUT2D eigenvalue weighted by Gasteiger charge is 2.26. The molecule has 4 heteroatoms.